The van der Waals surface area contributed by atoms with Gasteiger partial charge >= 0.3 is 0 Å². The molecule has 0 saturated carbocycles. The lowest BCUT2D eigenvalue weighted by Crippen LogP contribution is -1.88. The molecule has 3 aromatic heterocycles. The Hall–Kier alpha value is -1.98. The number of furan rings is 1. The Balaban J connectivity index is 1.68. The van der Waals surface area contributed by atoms with Crippen molar-refractivity contribution in [2.45, 2.75) is 27.2 Å². The molecule has 0 atom stereocenters. The number of hydrogen-bond acceptors (Lipinski definition) is 5. The maximum Gasteiger partial charge on any atom is 0.137 e. The van der Waals surface area contributed by atoms with Crippen LogP contribution in [-0.2, 0) is 6.42 Å². The lowest BCUT2D eigenvalue weighted by Gasteiger charge is -1.99. The minimum Gasteiger partial charge on any atom is -0.461 e. The highest BCUT2D eigenvalue weighted by Gasteiger charge is 2.13. The molecule has 0 bridgehead atoms. The van der Waals surface area contributed by atoms with Gasteiger partial charge in [-0.25, -0.2) is 9.97 Å². The molecule has 0 aliphatic rings. The molecule has 0 unspecified atom stereocenters. The van der Waals surface area contributed by atoms with Crippen LogP contribution in [0.25, 0.3) is 21.5 Å². The second-order valence-electron chi connectivity index (χ2n) is 5.64. The van der Waals surface area contributed by atoms with E-state index in [9.17, 15) is 0 Å². The van der Waals surface area contributed by atoms with Crippen molar-refractivity contribution in [1.82, 2.24) is 9.97 Å². The Labute approximate surface area is 142 Å². The predicted octanol–water partition coefficient (Wildman–Crippen LogP) is 5.53. The molecular weight excluding hydrogens is 324 g/mol. The molecule has 0 fully saturated rings. The van der Waals surface area contributed by atoms with E-state index in [0.29, 0.717) is 0 Å². The number of hydrogen-bond donors (Lipinski definition) is 0. The first kappa shape index (κ1) is 14.6. The molecule has 1 aromatic carbocycles. The van der Waals surface area contributed by atoms with Crippen LogP contribution < -0.4 is 0 Å². The molecule has 0 N–H and O–H groups in total. The van der Waals surface area contributed by atoms with E-state index >= 15 is 0 Å². The molecule has 23 heavy (non-hydrogen) atoms. The third-order valence-corrected chi connectivity index (χ3v) is 5.72. The van der Waals surface area contributed by atoms with E-state index in [4.69, 9.17) is 9.40 Å². The smallest absolute Gasteiger partial charge is 0.137 e. The zero-order chi connectivity index (χ0) is 16.0. The second kappa shape index (κ2) is 5.58. The maximum absolute atomic E-state index is 5.85. The summed E-state index contributed by atoms with van der Waals surface area (Å²) in [5.74, 6) is 0.947. The summed E-state index contributed by atoms with van der Waals surface area (Å²) in [5, 5.41) is 5.48. The van der Waals surface area contributed by atoms with E-state index in [1.807, 2.05) is 20.8 Å². The van der Waals surface area contributed by atoms with E-state index < -0.39 is 0 Å². The minimum atomic E-state index is 0.797. The molecule has 116 valence electrons. The number of fused-ring (bicyclic) bond motifs is 1. The van der Waals surface area contributed by atoms with Crippen LogP contribution in [0, 0.1) is 20.8 Å². The van der Waals surface area contributed by atoms with E-state index in [1.165, 1.54) is 10.4 Å². The summed E-state index contributed by atoms with van der Waals surface area (Å²) in [5.41, 5.74) is 4.27. The zero-order valence-electron chi connectivity index (χ0n) is 13.2. The number of aryl methyl sites for hydroxylation is 3. The number of rotatable bonds is 3. The molecule has 4 aromatic rings. The van der Waals surface area contributed by atoms with Crippen LogP contribution in [0.1, 0.15) is 27.0 Å². The van der Waals surface area contributed by atoms with E-state index in [2.05, 4.69) is 34.6 Å². The van der Waals surface area contributed by atoms with Gasteiger partial charge in [0.2, 0.25) is 0 Å². The second-order valence-corrected chi connectivity index (χ2v) is 7.79. The van der Waals surface area contributed by atoms with Crippen molar-refractivity contribution in [3.63, 3.8) is 0 Å². The standard InChI is InChI=1S/C18H16N2OS2/c1-10-7-13-5-4-6-14(17(13)21-10)8-16-20-15(9-22-16)18-11(2)19-12(3)23-18/h4-7,9H,8H2,1-3H3. The molecule has 0 radical (unpaired) electrons. The topological polar surface area (TPSA) is 38.9 Å². The summed E-state index contributed by atoms with van der Waals surface area (Å²) >= 11 is 3.41. The van der Waals surface area contributed by atoms with Crippen LogP contribution in [0.4, 0.5) is 0 Å². The summed E-state index contributed by atoms with van der Waals surface area (Å²) in [6.07, 6.45) is 0.797. The highest BCUT2D eigenvalue weighted by molar-refractivity contribution is 7.15. The van der Waals surface area contributed by atoms with Crippen LogP contribution in [0.3, 0.4) is 0 Å². The van der Waals surface area contributed by atoms with Gasteiger partial charge in [0.15, 0.2) is 0 Å². The Bertz CT molecular complexity index is 994. The van der Waals surface area contributed by atoms with Crippen LogP contribution in [0.5, 0.6) is 0 Å². The number of para-hydroxylation sites is 1. The molecule has 3 nitrogen and oxygen atoms in total. The van der Waals surface area contributed by atoms with Crippen molar-refractivity contribution in [3.05, 3.63) is 56.7 Å². The van der Waals surface area contributed by atoms with Crippen molar-refractivity contribution in [3.8, 4) is 10.6 Å². The third-order valence-electron chi connectivity index (χ3n) is 3.78. The first-order valence-corrected chi connectivity index (χ1v) is 9.16. The summed E-state index contributed by atoms with van der Waals surface area (Å²) in [6, 6.07) is 8.37. The average molecular weight is 340 g/mol. The molecule has 0 aliphatic heterocycles. The lowest BCUT2D eigenvalue weighted by molar-refractivity contribution is 0.575. The van der Waals surface area contributed by atoms with Crippen LogP contribution in [0.2, 0.25) is 0 Å². The molecule has 3 heterocycles. The predicted molar refractivity (Wildman–Crippen MR) is 96.5 cm³/mol. The Morgan fingerprint density at radius 3 is 2.78 bits per heavy atom. The SMILES string of the molecule is Cc1cc2cccc(Cc3nc(-c4sc(C)nc4C)cs3)c2o1. The average Bonchev–Trinajstić information content (AvgIpc) is 3.18. The van der Waals surface area contributed by atoms with Crippen molar-refractivity contribution in [2.24, 2.45) is 0 Å². The summed E-state index contributed by atoms with van der Waals surface area (Å²) in [7, 11) is 0. The maximum atomic E-state index is 5.85. The molecule has 0 amide bonds. The highest BCUT2D eigenvalue weighted by atomic mass is 32.1. The van der Waals surface area contributed by atoms with Gasteiger partial charge in [-0.1, -0.05) is 18.2 Å². The number of aromatic nitrogens is 2. The van der Waals surface area contributed by atoms with Crippen LogP contribution in [-0.4, -0.2) is 9.97 Å². The fourth-order valence-electron chi connectivity index (χ4n) is 2.82. The first-order chi connectivity index (χ1) is 11.1. The van der Waals surface area contributed by atoms with Gasteiger partial charge in [-0.05, 0) is 26.8 Å². The number of benzene rings is 1. The van der Waals surface area contributed by atoms with Gasteiger partial charge < -0.3 is 4.42 Å². The first-order valence-electron chi connectivity index (χ1n) is 7.47. The lowest BCUT2D eigenvalue weighted by atomic mass is 10.1. The molecule has 5 heteroatoms. The van der Waals surface area contributed by atoms with Gasteiger partial charge in [-0.2, -0.15) is 0 Å². The third kappa shape index (κ3) is 2.71. The summed E-state index contributed by atoms with van der Waals surface area (Å²) in [6.45, 7) is 6.07. The Kier molecular flexibility index (Phi) is 3.54. The van der Waals surface area contributed by atoms with E-state index in [0.717, 1.165) is 44.6 Å². The van der Waals surface area contributed by atoms with Gasteiger partial charge in [-0.3, -0.25) is 0 Å². The fourth-order valence-corrected chi connectivity index (χ4v) is 4.58. The monoisotopic (exact) mass is 340 g/mol. The molecule has 0 aliphatic carbocycles. The van der Waals surface area contributed by atoms with Crippen LogP contribution >= 0.6 is 22.7 Å². The molecule has 0 saturated heterocycles. The number of nitrogens with zero attached hydrogens (tertiary/aromatic N) is 2. The normalized spacial score (nSPS) is 11.4. The fraction of sp³-hybridized carbons (Fsp3) is 0.222. The van der Waals surface area contributed by atoms with Crippen LogP contribution in [0.15, 0.2) is 34.1 Å². The minimum absolute atomic E-state index is 0.797. The van der Waals surface area contributed by atoms with E-state index in [-0.39, 0.29) is 0 Å². The highest BCUT2D eigenvalue weighted by Crippen LogP contribution is 2.32. The summed E-state index contributed by atoms with van der Waals surface area (Å²) in [4.78, 5) is 10.5. The quantitative estimate of drug-likeness (QED) is 0.492. The Morgan fingerprint density at radius 1 is 1.13 bits per heavy atom. The van der Waals surface area contributed by atoms with Crippen molar-refractivity contribution >= 4 is 33.6 Å². The van der Waals surface area contributed by atoms with Gasteiger partial charge in [0.05, 0.1) is 26.3 Å². The molecule has 4 rings (SSSR count). The molecular formula is C18H16N2OS2. The van der Waals surface area contributed by atoms with Gasteiger partial charge in [0.25, 0.3) is 0 Å². The summed E-state index contributed by atoms with van der Waals surface area (Å²) < 4.78 is 5.85. The van der Waals surface area contributed by atoms with Crippen molar-refractivity contribution in [1.29, 1.82) is 0 Å². The number of thiazole rings is 2. The zero-order valence-corrected chi connectivity index (χ0v) is 14.8. The molecule has 0 spiro atoms. The van der Waals surface area contributed by atoms with Gasteiger partial charge in [0.1, 0.15) is 11.3 Å². The van der Waals surface area contributed by atoms with Crippen molar-refractivity contribution < 1.29 is 4.42 Å². The van der Waals surface area contributed by atoms with Gasteiger partial charge in [0, 0.05) is 22.8 Å². The van der Waals surface area contributed by atoms with E-state index in [1.54, 1.807) is 22.7 Å². The Morgan fingerprint density at radius 2 is 2.00 bits per heavy atom. The van der Waals surface area contributed by atoms with Gasteiger partial charge in [-0.15, -0.1) is 22.7 Å². The largest absolute Gasteiger partial charge is 0.461 e. The van der Waals surface area contributed by atoms with Crippen molar-refractivity contribution in [2.75, 3.05) is 0 Å².